The summed E-state index contributed by atoms with van der Waals surface area (Å²) < 4.78 is 13.0. The topological polar surface area (TPSA) is 41.6 Å². The fourth-order valence-electron chi connectivity index (χ4n) is 2.02. The van der Waals surface area contributed by atoms with Gasteiger partial charge in [-0.1, -0.05) is 0 Å². The number of pyridine rings is 1. The maximum Gasteiger partial charge on any atom is 0.123 e. The molecule has 0 aliphatic carbocycles. The third-order valence-electron chi connectivity index (χ3n) is 2.99. The second-order valence-corrected chi connectivity index (χ2v) is 5.05. The second kappa shape index (κ2) is 5.46. The number of nitrogens with one attached hydrogen (secondary N) is 1. The first kappa shape index (κ1) is 12.9. The molecule has 3 rings (SSSR count). The van der Waals surface area contributed by atoms with E-state index in [1.807, 2.05) is 18.4 Å². The summed E-state index contributed by atoms with van der Waals surface area (Å²) in [5.74, 6) is -0.247. The van der Waals surface area contributed by atoms with E-state index in [2.05, 4.69) is 15.0 Å². The predicted octanol–water partition coefficient (Wildman–Crippen LogP) is 4.00. The van der Waals surface area contributed by atoms with Gasteiger partial charge in [0.2, 0.25) is 0 Å². The minimum Gasteiger partial charge on any atom is -0.344 e. The van der Waals surface area contributed by atoms with Crippen molar-refractivity contribution in [2.75, 3.05) is 6.26 Å². The average molecular weight is 285 g/mol. The fraction of sp³-hybridized carbons (Fsp3) is 0.0667. The second-order valence-electron chi connectivity index (χ2n) is 4.22. The fourth-order valence-corrected chi connectivity index (χ4v) is 2.43. The van der Waals surface area contributed by atoms with Crippen LogP contribution in [0, 0.1) is 5.82 Å². The molecule has 5 heteroatoms. The van der Waals surface area contributed by atoms with E-state index in [0.717, 1.165) is 27.5 Å². The average Bonchev–Trinajstić information content (AvgIpc) is 2.97. The number of halogens is 1. The lowest BCUT2D eigenvalue weighted by molar-refractivity contribution is 0.628. The highest BCUT2D eigenvalue weighted by Gasteiger charge is 2.11. The molecule has 0 unspecified atom stereocenters. The summed E-state index contributed by atoms with van der Waals surface area (Å²) in [5.41, 5.74) is 3.61. The quantitative estimate of drug-likeness (QED) is 0.739. The van der Waals surface area contributed by atoms with Crippen molar-refractivity contribution >= 4 is 11.8 Å². The molecule has 1 N–H and O–H groups in total. The van der Waals surface area contributed by atoms with Crippen LogP contribution in [0.1, 0.15) is 0 Å². The van der Waals surface area contributed by atoms with Gasteiger partial charge in [-0.15, -0.1) is 11.8 Å². The molecule has 1 aromatic carbocycles. The van der Waals surface area contributed by atoms with Gasteiger partial charge in [0.25, 0.3) is 0 Å². The number of thioether (sulfide) groups is 1. The number of rotatable bonds is 3. The van der Waals surface area contributed by atoms with Crippen molar-refractivity contribution in [3.63, 3.8) is 0 Å². The zero-order valence-electron chi connectivity index (χ0n) is 10.8. The summed E-state index contributed by atoms with van der Waals surface area (Å²) in [6, 6.07) is 10.3. The molecule has 0 bridgehead atoms. The first-order valence-corrected chi connectivity index (χ1v) is 7.30. The Morgan fingerprint density at radius 1 is 1.05 bits per heavy atom. The number of benzene rings is 1. The zero-order valence-corrected chi connectivity index (χ0v) is 11.6. The van der Waals surface area contributed by atoms with Crippen LogP contribution in [0.15, 0.2) is 53.9 Å². The molecule has 3 nitrogen and oxygen atoms in total. The third kappa shape index (κ3) is 2.44. The van der Waals surface area contributed by atoms with Crippen LogP contribution in [0.4, 0.5) is 4.39 Å². The van der Waals surface area contributed by atoms with Crippen molar-refractivity contribution in [1.82, 2.24) is 15.0 Å². The van der Waals surface area contributed by atoms with Crippen LogP contribution < -0.4 is 0 Å². The third-order valence-corrected chi connectivity index (χ3v) is 3.63. The van der Waals surface area contributed by atoms with Gasteiger partial charge in [0.1, 0.15) is 5.82 Å². The molecular formula is C15H12FN3S. The molecule has 0 aliphatic heterocycles. The first-order chi connectivity index (χ1) is 9.78. The number of aromatic nitrogens is 3. The summed E-state index contributed by atoms with van der Waals surface area (Å²) in [6.45, 7) is 0. The lowest BCUT2D eigenvalue weighted by Gasteiger charge is -2.04. The highest BCUT2D eigenvalue weighted by atomic mass is 32.2. The molecule has 2 heterocycles. The molecule has 0 saturated carbocycles. The minimum absolute atomic E-state index is 0.247. The van der Waals surface area contributed by atoms with Gasteiger partial charge < -0.3 is 4.98 Å². The smallest absolute Gasteiger partial charge is 0.123 e. The van der Waals surface area contributed by atoms with Gasteiger partial charge in [0.05, 0.1) is 22.7 Å². The molecular weight excluding hydrogens is 273 g/mol. The number of aromatic amines is 1. The lowest BCUT2D eigenvalue weighted by Crippen LogP contribution is -1.86. The predicted molar refractivity (Wildman–Crippen MR) is 79.0 cm³/mol. The summed E-state index contributed by atoms with van der Waals surface area (Å²) in [6.07, 6.45) is 5.40. The van der Waals surface area contributed by atoms with E-state index in [0.29, 0.717) is 0 Å². The van der Waals surface area contributed by atoms with E-state index in [1.165, 1.54) is 12.1 Å². The SMILES string of the molecule is CSc1cc(-c2nc[nH]c2-c2ccc(F)cc2)ccn1. The summed E-state index contributed by atoms with van der Waals surface area (Å²) >= 11 is 1.59. The van der Waals surface area contributed by atoms with Crippen LogP contribution in [0.3, 0.4) is 0 Å². The molecule has 0 spiro atoms. The highest BCUT2D eigenvalue weighted by molar-refractivity contribution is 7.98. The van der Waals surface area contributed by atoms with Gasteiger partial charge in [0, 0.05) is 17.3 Å². The molecule has 20 heavy (non-hydrogen) atoms. The van der Waals surface area contributed by atoms with E-state index in [9.17, 15) is 4.39 Å². The Morgan fingerprint density at radius 3 is 2.60 bits per heavy atom. The van der Waals surface area contributed by atoms with Crippen molar-refractivity contribution in [2.24, 2.45) is 0 Å². The van der Waals surface area contributed by atoms with E-state index >= 15 is 0 Å². The minimum atomic E-state index is -0.247. The van der Waals surface area contributed by atoms with Crippen LogP contribution in [0.25, 0.3) is 22.5 Å². The standard InChI is InChI=1S/C15H12FN3S/c1-20-13-8-11(6-7-17-13)15-14(18-9-19-15)10-2-4-12(16)5-3-10/h2-9H,1H3,(H,18,19). The largest absolute Gasteiger partial charge is 0.344 e. The summed E-state index contributed by atoms with van der Waals surface area (Å²) in [7, 11) is 0. The normalized spacial score (nSPS) is 10.7. The van der Waals surface area contributed by atoms with Gasteiger partial charge in [-0.2, -0.15) is 0 Å². The Balaban J connectivity index is 2.07. The Kier molecular flexibility index (Phi) is 3.52. The zero-order chi connectivity index (χ0) is 13.9. The number of hydrogen-bond donors (Lipinski definition) is 1. The molecule has 0 radical (unpaired) electrons. The van der Waals surface area contributed by atoms with E-state index < -0.39 is 0 Å². The van der Waals surface area contributed by atoms with E-state index in [-0.39, 0.29) is 5.82 Å². The first-order valence-electron chi connectivity index (χ1n) is 6.07. The van der Waals surface area contributed by atoms with Gasteiger partial charge in [0.15, 0.2) is 0 Å². The molecule has 100 valence electrons. The Hall–Kier alpha value is -2.14. The maximum absolute atomic E-state index is 13.0. The van der Waals surface area contributed by atoms with Crippen molar-refractivity contribution in [3.8, 4) is 22.5 Å². The molecule has 0 amide bonds. The van der Waals surface area contributed by atoms with Crippen molar-refractivity contribution < 1.29 is 4.39 Å². The van der Waals surface area contributed by atoms with Crippen molar-refractivity contribution in [1.29, 1.82) is 0 Å². The molecule has 0 fully saturated rings. The molecule has 0 atom stereocenters. The van der Waals surface area contributed by atoms with Crippen LogP contribution in [-0.4, -0.2) is 21.2 Å². The van der Waals surface area contributed by atoms with Crippen LogP contribution in [0.2, 0.25) is 0 Å². The highest BCUT2D eigenvalue weighted by Crippen LogP contribution is 2.30. The number of hydrogen-bond acceptors (Lipinski definition) is 3. The summed E-state index contributed by atoms with van der Waals surface area (Å²) in [4.78, 5) is 11.7. The van der Waals surface area contributed by atoms with Crippen molar-refractivity contribution in [2.45, 2.75) is 5.03 Å². The monoisotopic (exact) mass is 285 g/mol. The summed E-state index contributed by atoms with van der Waals surface area (Å²) in [5, 5.41) is 0.940. The van der Waals surface area contributed by atoms with Crippen LogP contribution >= 0.6 is 11.8 Å². The van der Waals surface area contributed by atoms with E-state index in [1.54, 1.807) is 36.4 Å². The van der Waals surface area contributed by atoms with Crippen molar-refractivity contribution in [3.05, 3.63) is 54.7 Å². The van der Waals surface area contributed by atoms with Gasteiger partial charge in [-0.25, -0.2) is 14.4 Å². The molecule has 0 saturated heterocycles. The molecule has 3 aromatic rings. The maximum atomic E-state index is 13.0. The van der Waals surface area contributed by atoms with Crippen LogP contribution in [-0.2, 0) is 0 Å². The molecule has 2 aromatic heterocycles. The van der Waals surface area contributed by atoms with E-state index in [4.69, 9.17) is 0 Å². The Morgan fingerprint density at radius 2 is 1.85 bits per heavy atom. The Labute approximate surface area is 120 Å². The molecule has 0 aliphatic rings. The Bertz CT molecular complexity index is 722. The lowest BCUT2D eigenvalue weighted by atomic mass is 10.1. The van der Waals surface area contributed by atoms with Gasteiger partial charge in [-0.05, 0) is 42.7 Å². The van der Waals surface area contributed by atoms with Gasteiger partial charge in [-0.3, -0.25) is 0 Å². The number of imidazole rings is 1. The number of nitrogens with zero attached hydrogens (tertiary/aromatic N) is 2. The number of H-pyrrole nitrogens is 1. The van der Waals surface area contributed by atoms with Crippen LogP contribution in [0.5, 0.6) is 0 Å². The van der Waals surface area contributed by atoms with Gasteiger partial charge >= 0.3 is 0 Å².